The van der Waals surface area contributed by atoms with Crippen molar-refractivity contribution in [3.05, 3.63) is 24.3 Å². The topological polar surface area (TPSA) is 70.1 Å². The molecule has 1 aliphatic rings. The quantitative estimate of drug-likeness (QED) is 0.842. The van der Waals surface area contributed by atoms with Crippen molar-refractivity contribution in [2.75, 3.05) is 39.5 Å². The van der Waals surface area contributed by atoms with Crippen molar-refractivity contribution < 1.29 is 19.4 Å². The maximum atomic E-state index is 12.6. The molecule has 0 fully saturated rings. The van der Waals surface area contributed by atoms with Crippen molar-refractivity contribution in [1.82, 2.24) is 9.80 Å². The van der Waals surface area contributed by atoms with Gasteiger partial charge in [-0.3, -0.25) is 9.59 Å². The lowest BCUT2D eigenvalue weighted by molar-refractivity contribution is -0.147. The molecule has 7 heteroatoms. The Kier molecular flexibility index (Phi) is 5.68. The van der Waals surface area contributed by atoms with E-state index in [2.05, 4.69) is 0 Å². The zero-order valence-corrected chi connectivity index (χ0v) is 13.5. The van der Waals surface area contributed by atoms with E-state index in [9.17, 15) is 9.59 Å². The second kappa shape index (κ2) is 7.51. The summed E-state index contributed by atoms with van der Waals surface area (Å²) in [6.07, 6.45) is -0.638. The van der Waals surface area contributed by atoms with Gasteiger partial charge < -0.3 is 19.6 Å². The standard InChI is InChI=1S/C15H20N2O4S/c1-16(2)7-8-17(9-14(18)19)15(20)12-10-22-13-6-4-3-5-11(13)21-12/h3-6,12H,7-10H2,1-2H3,(H,18,19)/t12-/m1/s1. The van der Waals surface area contributed by atoms with Crippen LogP contribution in [0.1, 0.15) is 0 Å². The number of likely N-dealkylation sites (N-methyl/N-ethyl adjacent to an activating group) is 1. The average Bonchev–Trinajstić information content (AvgIpc) is 2.49. The molecule has 0 radical (unpaired) electrons. The predicted molar refractivity (Wildman–Crippen MR) is 84.4 cm³/mol. The molecule has 1 aliphatic heterocycles. The highest BCUT2D eigenvalue weighted by Gasteiger charge is 2.31. The van der Waals surface area contributed by atoms with Gasteiger partial charge in [0.1, 0.15) is 12.3 Å². The molecule has 0 aromatic heterocycles. The first-order valence-corrected chi connectivity index (χ1v) is 7.99. The molecule has 1 aromatic rings. The predicted octanol–water partition coefficient (Wildman–Crippen LogP) is 1.01. The molecular weight excluding hydrogens is 304 g/mol. The second-order valence-electron chi connectivity index (χ2n) is 5.32. The van der Waals surface area contributed by atoms with E-state index in [0.717, 1.165) is 4.90 Å². The summed E-state index contributed by atoms with van der Waals surface area (Å²) in [4.78, 5) is 27.8. The molecule has 0 aliphatic carbocycles. The third-order valence-electron chi connectivity index (χ3n) is 3.24. The number of carbonyl (C=O) groups excluding carboxylic acids is 1. The number of para-hydroxylation sites is 1. The fourth-order valence-electron chi connectivity index (χ4n) is 2.10. The molecule has 0 saturated carbocycles. The maximum absolute atomic E-state index is 12.6. The van der Waals surface area contributed by atoms with Crippen LogP contribution in [0, 0.1) is 0 Å². The highest BCUT2D eigenvalue weighted by Crippen LogP contribution is 2.35. The van der Waals surface area contributed by atoms with Crippen molar-refractivity contribution >= 4 is 23.6 Å². The van der Waals surface area contributed by atoms with Gasteiger partial charge in [-0.2, -0.15) is 0 Å². The summed E-state index contributed by atoms with van der Waals surface area (Å²) in [5, 5.41) is 9.00. The largest absolute Gasteiger partial charge is 0.480 e. The molecule has 0 bridgehead atoms. The molecule has 2 rings (SSSR count). The van der Waals surface area contributed by atoms with E-state index in [0.29, 0.717) is 24.6 Å². The molecule has 1 heterocycles. The van der Waals surface area contributed by atoms with Gasteiger partial charge in [0.05, 0.1) is 0 Å². The number of carbonyl (C=O) groups is 2. The van der Waals surface area contributed by atoms with Crippen LogP contribution in [0.2, 0.25) is 0 Å². The summed E-state index contributed by atoms with van der Waals surface area (Å²) in [5.41, 5.74) is 0. The van der Waals surface area contributed by atoms with Crippen LogP contribution < -0.4 is 4.74 Å². The summed E-state index contributed by atoms with van der Waals surface area (Å²) in [7, 11) is 3.76. The van der Waals surface area contributed by atoms with Crippen LogP contribution in [0.5, 0.6) is 5.75 Å². The molecule has 1 aromatic carbocycles. The van der Waals surface area contributed by atoms with Gasteiger partial charge in [-0.15, -0.1) is 11.8 Å². The first kappa shape index (κ1) is 16.6. The fraction of sp³-hybridized carbons (Fsp3) is 0.467. The molecule has 1 N–H and O–H groups in total. The number of benzene rings is 1. The Bertz CT molecular complexity index is 550. The van der Waals surface area contributed by atoms with Gasteiger partial charge in [0.2, 0.25) is 0 Å². The van der Waals surface area contributed by atoms with Gasteiger partial charge >= 0.3 is 5.97 Å². The summed E-state index contributed by atoms with van der Waals surface area (Å²) in [6, 6.07) is 7.54. The number of fused-ring (bicyclic) bond motifs is 1. The Morgan fingerprint density at radius 1 is 1.32 bits per heavy atom. The molecule has 22 heavy (non-hydrogen) atoms. The van der Waals surface area contributed by atoms with E-state index in [1.165, 1.54) is 4.90 Å². The maximum Gasteiger partial charge on any atom is 0.323 e. The minimum Gasteiger partial charge on any atom is -0.480 e. The molecule has 0 saturated heterocycles. The SMILES string of the molecule is CN(C)CCN(CC(=O)O)C(=O)[C@H]1CSc2ccccc2O1. The van der Waals surface area contributed by atoms with Gasteiger partial charge in [0.15, 0.2) is 6.10 Å². The van der Waals surface area contributed by atoms with Crippen molar-refractivity contribution in [3.63, 3.8) is 0 Å². The number of nitrogens with zero attached hydrogens (tertiary/aromatic N) is 2. The fourth-order valence-corrected chi connectivity index (χ4v) is 3.07. The van der Waals surface area contributed by atoms with Crippen LogP contribution in [0.4, 0.5) is 0 Å². The highest BCUT2D eigenvalue weighted by molar-refractivity contribution is 7.99. The lowest BCUT2D eigenvalue weighted by Gasteiger charge is -2.30. The molecule has 6 nitrogen and oxygen atoms in total. The highest BCUT2D eigenvalue weighted by atomic mass is 32.2. The number of amides is 1. The number of carboxylic acids is 1. The zero-order chi connectivity index (χ0) is 16.1. The van der Waals surface area contributed by atoms with Crippen LogP contribution in [0.25, 0.3) is 0 Å². The van der Waals surface area contributed by atoms with Gasteiger partial charge in [0.25, 0.3) is 5.91 Å². The van der Waals surface area contributed by atoms with Crippen LogP contribution in [-0.4, -0.2) is 72.4 Å². The third-order valence-corrected chi connectivity index (χ3v) is 4.36. The van der Waals surface area contributed by atoms with Crippen molar-refractivity contribution in [2.24, 2.45) is 0 Å². The first-order chi connectivity index (χ1) is 10.5. The lowest BCUT2D eigenvalue weighted by Crippen LogP contribution is -2.48. The number of thioether (sulfide) groups is 1. The van der Waals surface area contributed by atoms with Crippen LogP contribution >= 0.6 is 11.8 Å². The molecule has 0 spiro atoms. The second-order valence-corrected chi connectivity index (χ2v) is 6.38. The molecule has 1 amide bonds. The normalized spacial score (nSPS) is 16.8. The van der Waals surface area contributed by atoms with Gasteiger partial charge in [-0.05, 0) is 26.2 Å². The minimum absolute atomic E-state index is 0.272. The van der Waals surface area contributed by atoms with Gasteiger partial charge in [-0.25, -0.2) is 0 Å². The van der Waals surface area contributed by atoms with Crippen LogP contribution in [0.15, 0.2) is 29.2 Å². The van der Waals surface area contributed by atoms with E-state index >= 15 is 0 Å². The smallest absolute Gasteiger partial charge is 0.323 e. The van der Waals surface area contributed by atoms with E-state index in [1.54, 1.807) is 11.8 Å². The van der Waals surface area contributed by atoms with E-state index in [-0.39, 0.29) is 12.5 Å². The summed E-state index contributed by atoms with van der Waals surface area (Å²) < 4.78 is 5.74. The average molecular weight is 324 g/mol. The van der Waals surface area contributed by atoms with E-state index in [4.69, 9.17) is 9.84 Å². The van der Waals surface area contributed by atoms with Crippen molar-refractivity contribution in [2.45, 2.75) is 11.0 Å². The van der Waals surface area contributed by atoms with Gasteiger partial charge in [-0.1, -0.05) is 12.1 Å². The number of hydrogen-bond acceptors (Lipinski definition) is 5. The lowest BCUT2D eigenvalue weighted by atomic mass is 10.3. The van der Waals surface area contributed by atoms with E-state index in [1.807, 2.05) is 43.3 Å². The summed E-state index contributed by atoms with van der Waals surface area (Å²) in [6.45, 7) is 0.665. The van der Waals surface area contributed by atoms with Crippen LogP contribution in [0.3, 0.4) is 0 Å². The molecule has 0 unspecified atom stereocenters. The molecular formula is C15H20N2O4S. The van der Waals surface area contributed by atoms with Crippen molar-refractivity contribution in [1.29, 1.82) is 0 Å². The molecule has 1 atom stereocenters. The Morgan fingerprint density at radius 2 is 2.05 bits per heavy atom. The first-order valence-electron chi connectivity index (χ1n) is 7.01. The Morgan fingerprint density at radius 3 is 2.73 bits per heavy atom. The number of carboxylic acid groups (broad SMARTS) is 1. The Labute approximate surface area is 134 Å². The Hall–Kier alpha value is -1.73. The number of hydrogen-bond donors (Lipinski definition) is 1. The summed E-state index contributed by atoms with van der Waals surface area (Å²) >= 11 is 1.56. The third kappa shape index (κ3) is 4.38. The van der Waals surface area contributed by atoms with Crippen molar-refractivity contribution in [3.8, 4) is 5.75 Å². The summed E-state index contributed by atoms with van der Waals surface area (Å²) in [5.74, 6) is -0.115. The van der Waals surface area contributed by atoms with Crippen LogP contribution in [-0.2, 0) is 9.59 Å². The zero-order valence-electron chi connectivity index (χ0n) is 12.7. The van der Waals surface area contributed by atoms with Gasteiger partial charge in [0, 0.05) is 23.7 Å². The Balaban J connectivity index is 2.05. The van der Waals surface area contributed by atoms with E-state index < -0.39 is 12.1 Å². The molecule has 120 valence electrons. The number of rotatable bonds is 6. The number of aliphatic carboxylic acids is 1. The monoisotopic (exact) mass is 324 g/mol. The number of ether oxygens (including phenoxy) is 1. The minimum atomic E-state index is -1.02.